The van der Waals surface area contributed by atoms with Crippen LogP contribution in [0, 0.1) is 5.92 Å². The number of Topliss-reactive ketones (excluding diaryl/α,β-unsaturated/α-hetero) is 1. The van der Waals surface area contributed by atoms with Gasteiger partial charge in [-0.1, -0.05) is 0 Å². The third kappa shape index (κ3) is 1.16. The van der Waals surface area contributed by atoms with Gasteiger partial charge in [0, 0.05) is 19.0 Å². The van der Waals surface area contributed by atoms with E-state index in [0.29, 0.717) is 18.8 Å². The van der Waals surface area contributed by atoms with Gasteiger partial charge in [0.1, 0.15) is 5.78 Å². The molecule has 0 bridgehead atoms. The Morgan fingerprint density at radius 1 is 1.64 bits per heavy atom. The van der Waals surface area contributed by atoms with E-state index in [0.717, 1.165) is 6.54 Å². The summed E-state index contributed by atoms with van der Waals surface area (Å²) in [5, 5.41) is 3.26. The molecule has 3 nitrogen and oxygen atoms in total. The van der Waals surface area contributed by atoms with Crippen LogP contribution in [-0.4, -0.2) is 25.0 Å². The van der Waals surface area contributed by atoms with Crippen molar-refractivity contribution in [2.45, 2.75) is 12.5 Å². The second-order valence-electron chi connectivity index (χ2n) is 2.96. The lowest BCUT2D eigenvalue weighted by Gasteiger charge is -2.31. The number of fused-ring (bicyclic) bond motifs is 1. The fraction of sp³-hybridized carbons (Fsp3) is 0.625. The second kappa shape index (κ2) is 2.66. The van der Waals surface area contributed by atoms with E-state index in [1.165, 1.54) is 0 Å². The highest BCUT2D eigenvalue weighted by molar-refractivity contribution is 5.83. The fourth-order valence-corrected chi connectivity index (χ4v) is 1.59. The number of rotatable bonds is 0. The number of hydrogen-bond acceptors (Lipinski definition) is 3. The zero-order valence-corrected chi connectivity index (χ0v) is 6.25. The van der Waals surface area contributed by atoms with E-state index in [4.69, 9.17) is 4.74 Å². The number of ketones is 1. The van der Waals surface area contributed by atoms with Crippen LogP contribution in [0.1, 0.15) is 6.42 Å². The highest BCUT2D eigenvalue weighted by atomic mass is 16.5. The molecule has 1 fully saturated rings. The maximum Gasteiger partial charge on any atom is 0.142 e. The van der Waals surface area contributed by atoms with Gasteiger partial charge in [0.05, 0.1) is 18.8 Å². The van der Waals surface area contributed by atoms with Crippen LogP contribution in [0.5, 0.6) is 0 Å². The quantitative estimate of drug-likeness (QED) is 0.535. The van der Waals surface area contributed by atoms with E-state index in [9.17, 15) is 4.79 Å². The van der Waals surface area contributed by atoms with Crippen LogP contribution in [0.15, 0.2) is 12.3 Å². The molecule has 2 atom stereocenters. The minimum Gasteiger partial charge on any atom is -0.501 e. The summed E-state index contributed by atoms with van der Waals surface area (Å²) < 4.78 is 5.07. The first-order chi connectivity index (χ1) is 5.38. The van der Waals surface area contributed by atoms with Crippen LogP contribution >= 0.6 is 0 Å². The fourth-order valence-electron chi connectivity index (χ4n) is 1.59. The first-order valence-electron chi connectivity index (χ1n) is 3.92. The van der Waals surface area contributed by atoms with Crippen LogP contribution in [0.3, 0.4) is 0 Å². The second-order valence-corrected chi connectivity index (χ2v) is 2.96. The van der Waals surface area contributed by atoms with Gasteiger partial charge < -0.3 is 10.1 Å². The van der Waals surface area contributed by atoms with Gasteiger partial charge in [0.2, 0.25) is 0 Å². The van der Waals surface area contributed by atoms with Crippen LogP contribution in [-0.2, 0) is 9.53 Å². The van der Waals surface area contributed by atoms with Gasteiger partial charge in [-0.3, -0.25) is 4.79 Å². The monoisotopic (exact) mass is 153 g/mol. The molecule has 2 aliphatic rings. The van der Waals surface area contributed by atoms with Crippen molar-refractivity contribution in [2.75, 3.05) is 13.2 Å². The summed E-state index contributed by atoms with van der Waals surface area (Å²) in [6.45, 7) is 1.36. The summed E-state index contributed by atoms with van der Waals surface area (Å²) in [5.74, 6) is 0.395. The number of piperidine rings is 1. The zero-order valence-electron chi connectivity index (χ0n) is 6.25. The van der Waals surface area contributed by atoms with E-state index < -0.39 is 0 Å². The predicted molar refractivity (Wildman–Crippen MR) is 40.0 cm³/mol. The first-order valence-corrected chi connectivity index (χ1v) is 3.92. The largest absolute Gasteiger partial charge is 0.501 e. The summed E-state index contributed by atoms with van der Waals surface area (Å²) in [5.41, 5.74) is 0. The van der Waals surface area contributed by atoms with Crippen molar-refractivity contribution in [3.63, 3.8) is 0 Å². The molecule has 2 heterocycles. The van der Waals surface area contributed by atoms with Crippen molar-refractivity contribution >= 4 is 5.78 Å². The van der Waals surface area contributed by atoms with E-state index in [-0.39, 0.29) is 12.0 Å². The lowest BCUT2D eigenvalue weighted by Crippen LogP contribution is -2.48. The van der Waals surface area contributed by atoms with Gasteiger partial charge in [-0.05, 0) is 6.08 Å². The lowest BCUT2D eigenvalue weighted by molar-refractivity contribution is -0.126. The van der Waals surface area contributed by atoms with Gasteiger partial charge in [0.25, 0.3) is 0 Å². The summed E-state index contributed by atoms with van der Waals surface area (Å²) in [4.78, 5) is 11.3. The van der Waals surface area contributed by atoms with E-state index in [2.05, 4.69) is 5.32 Å². The Morgan fingerprint density at radius 2 is 2.55 bits per heavy atom. The standard InChI is InChI=1S/C8H11NO2/c10-8-1-3-9-7-2-4-11-5-6(7)8/h2,4,6-7,9H,1,3,5H2. The number of carbonyl (C=O) groups is 1. The highest BCUT2D eigenvalue weighted by Crippen LogP contribution is 2.17. The zero-order chi connectivity index (χ0) is 7.68. The maximum atomic E-state index is 11.3. The summed E-state index contributed by atoms with van der Waals surface area (Å²) in [6.07, 6.45) is 4.25. The van der Waals surface area contributed by atoms with Gasteiger partial charge in [0.15, 0.2) is 0 Å². The molecule has 2 unspecified atom stereocenters. The van der Waals surface area contributed by atoms with Crippen molar-refractivity contribution in [3.8, 4) is 0 Å². The predicted octanol–water partition coefficient (Wildman–Crippen LogP) is 0.0775. The summed E-state index contributed by atoms with van der Waals surface area (Å²) in [7, 11) is 0. The molecular formula is C8H11NO2. The SMILES string of the molecule is O=C1CCNC2C=COCC12. The molecule has 0 spiro atoms. The normalized spacial score (nSPS) is 36.2. The average Bonchev–Trinajstić information content (AvgIpc) is 2.06. The molecule has 60 valence electrons. The molecule has 1 N–H and O–H groups in total. The number of carbonyl (C=O) groups excluding carboxylic acids is 1. The van der Waals surface area contributed by atoms with Crippen LogP contribution in [0.25, 0.3) is 0 Å². The first kappa shape index (κ1) is 6.85. The Morgan fingerprint density at radius 3 is 3.36 bits per heavy atom. The smallest absolute Gasteiger partial charge is 0.142 e. The molecule has 0 aromatic carbocycles. The topological polar surface area (TPSA) is 38.3 Å². The molecule has 0 radical (unpaired) electrons. The Kier molecular flexibility index (Phi) is 1.66. The Balaban J connectivity index is 2.15. The molecule has 0 amide bonds. The molecule has 1 saturated heterocycles. The maximum absolute atomic E-state index is 11.3. The third-order valence-electron chi connectivity index (χ3n) is 2.26. The van der Waals surface area contributed by atoms with Crippen molar-refractivity contribution in [3.05, 3.63) is 12.3 Å². The lowest BCUT2D eigenvalue weighted by atomic mass is 9.89. The number of hydrogen-bond donors (Lipinski definition) is 1. The number of nitrogens with one attached hydrogen (secondary N) is 1. The van der Waals surface area contributed by atoms with Gasteiger partial charge in [-0.2, -0.15) is 0 Å². The van der Waals surface area contributed by atoms with Crippen LogP contribution in [0.4, 0.5) is 0 Å². The van der Waals surface area contributed by atoms with Crippen molar-refractivity contribution in [1.29, 1.82) is 0 Å². The van der Waals surface area contributed by atoms with Gasteiger partial charge in [-0.15, -0.1) is 0 Å². The Hall–Kier alpha value is -0.830. The number of ether oxygens (including phenoxy) is 1. The minimum atomic E-state index is 0.0637. The highest BCUT2D eigenvalue weighted by Gasteiger charge is 2.31. The molecule has 2 rings (SSSR count). The van der Waals surface area contributed by atoms with Gasteiger partial charge >= 0.3 is 0 Å². The van der Waals surface area contributed by atoms with E-state index in [1.807, 2.05) is 6.08 Å². The van der Waals surface area contributed by atoms with E-state index >= 15 is 0 Å². The van der Waals surface area contributed by atoms with Gasteiger partial charge in [-0.25, -0.2) is 0 Å². The third-order valence-corrected chi connectivity index (χ3v) is 2.26. The van der Waals surface area contributed by atoms with E-state index in [1.54, 1.807) is 6.26 Å². The molecule has 0 aromatic heterocycles. The summed E-state index contributed by atoms with van der Waals surface area (Å²) >= 11 is 0. The molecule has 2 aliphatic heterocycles. The van der Waals surface area contributed by atoms with Crippen molar-refractivity contribution in [1.82, 2.24) is 5.32 Å². The van der Waals surface area contributed by atoms with Crippen molar-refractivity contribution in [2.24, 2.45) is 5.92 Å². The van der Waals surface area contributed by atoms with Crippen LogP contribution in [0.2, 0.25) is 0 Å². The van der Waals surface area contributed by atoms with Crippen molar-refractivity contribution < 1.29 is 9.53 Å². The molecule has 0 saturated carbocycles. The molecule has 0 aromatic rings. The Labute approximate surface area is 65.4 Å². The molecule has 0 aliphatic carbocycles. The molecular weight excluding hydrogens is 142 g/mol. The minimum absolute atomic E-state index is 0.0637. The Bertz CT molecular complexity index is 200. The molecule has 11 heavy (non-hydrogen) atoms. The average molecular weight is 153 g/mol. The molecule has 3 heteroatoms. The summed E-state index contributed by atoms with van der Waals surface area (Å²) in [6, 6.07) is 0.227. The van der Waals surface area contributed by atoms with Crippen LogP contribution < -0.4 is 5.32 Å².